The SMILES string of the molecule is C[C@H](NC(=O)CCNC(=O)NC12CC3CC(CC(C3)C1)C2)C(=O)O. The third-order valence-corrected chi connectivity index (χ3v) is 5.80. The van der Waals surface area contributed by atoms with E-state index in [-0.39, 0.29) is 30.4 Å². The maximum atomic E-state index is 12.2. The first-order valence-corrected chi connectivity index (χ1v) is 8.93. The minimum absolute atomic E-state index is 0.0427. The molecule has 0 aromatic heterocycles. The van der Waals surface area contributed by atoms with Crippen LogP contribution in [0.1, 0.15) is 51.9 Å². The first kappa shape index (κ1) is 17.0. The number of carboxylic acid groups (broad SMARTS) is 1. The molecule has 4 saturated carbocycles. The van der Waals surface area contributed by atoms with Gasteiger partial charge in [0.05, 0.1) is 0 Å². The highest BCUT2D eigenvalue weighted by Crippen LogP contribution is 2.55. The van der Waals surface area contributed by atoms with E-state index in [1.165, 1.54) is 26.2 Å². The summed E-state index contributed by atoms with van der Waals surface area (Å²) in [4.78, 5) is 34.5. The predicted octanol–water partition coefficient (Wildman–Crippen LogP) is 1.23. The van der Waals surface area contributed by atoms with Crippen LogP contribution in [-0.4, -0.2) is 41.1 Å². The van der Waals surface area contributed by atoms with Crippen LogP contribution in [0.4, 0.5) is 4.79 Å². The molecule has 4 aliphatic carbocycles. The molecule has 0 unspecified atom stereocenters. The summed E-state index contributed by atoms with van der Waals surface area (Å²) in [6.07, 6.45) is 7.31. The van der Waals surface area contributed by atoms with Gasteiger partial charge in [-0.25, -0.2) is 4.79 Å². The standard InChI is InChI=1S/C17H27N3O4/c1-10(15(22)23)19-14(21)2-3-18-16(24)20-17-7-11-4-12(8-17)6-13(5-11)9-17/h10-13H,2-9H2,1H3,(H,19,21)(H,22,23)(H2,18,20,24)/t10-,11?,12?,13?,17?/m0/s1. The van der Waals surface area contributed by atoms with Crippen molar-refractivity contribution in [3.05, 3.63) is 0 Å². The third-order valence-electron chi connectivity index (χ3n) is 5.80. The Labute approximate surface area is 141 Å². The fraction of sp³-hybridized carbons (Fsp3) is 0.824. The Morgan fingerprint density at radius 3 is 2.12 bits per heavy atom. The minimum Gasteiger partial charge on any atom is -0.480 e. The van der Waals surface area contributed by atoms with Gasteiger partial charge in [-0.3, -0.25) is 9.59 Å². The largest absolute Gasteiger partial charge is 0.480 e. The van der Waals surface area contributed by atoms with E-state index in [1.54, 1.807) is 0 Å². The molecule has 3 amide bonds. The molecule has 0 spiro atoms. The van der Waals surface area contributed by atoms with Crippen LogP contribution in [0.5, 0.6) is 0 Å². The Balaban J connectivity index is 1.40. The van der Waals surface area contributed by atoms with Gasteiger partial charge in [0, 0.05) is 18.5 Å². The number of aliphatic carboxylic acids is 1. The van der Waals surface area contributed by atoms with Crippen molar-refractivity contribution in [3.63, 3.8) is 0 Å². The highest BCUT2D eigenvalue weighted by atomic mass is 16.4. The van der Waals surface area contributed by atoms with Gasteiger partial charge in [-0.2, -0.15) is 0 Å². The Bertz CT molecular complexity index is 499. The number of carbonyl (C=O) groups excluding carboxylic acids is 2. The number of amides is 3. The lowest BCUT2D eigenvalue weighted by Crippen LogP contribution is -2.61. The Morgan fingerprint density at radius 2 is 1.62 bits per heavy atom. The Hall–Kier alpha value is -1.79. The molecule has 4 N–H and O–H groups in total. The number of carbonyl (C=O) groups is 3. The summed E-state index contributed by atoms with van der Waals surface area (Å²) in [7, 11) is 0. The second-order valence-electron chi connectivity index (χ2n) is 7.96. The van der Waals surface area contributed by atoms with Crippen LogP contribution in [0.15, 0.2) is 0 Å². The average molecular weight is 337 g/mol. The zero-order valence-corrected chi connectivity index (χ0v) is 14.1. The fourth-order valence-electron chi connectivity index (χ4n) is 5.21. The van der Waals surface area contributed by atoms with Crippen molar-refractivity contribution >= 4 is 17.9 Å². The molecule has 7 heteroatoms. The number of carboxylic acids is 1. The molecule has 4 rings (SSSR count). The predicted molar refractivity (Wildman–Crippen MR) is 87.3 cm³/mol. The molecule has 0 aliphatic heterocycles. The number of rotatable bonds is 6. The van der Waals surface area contributed by atoms with Crippen LogP contribution in [0.25, 0.3) is 0 Å². The molecule has 134 valence electrons. The molecule has 0 aromatic carbocycles. The van der Waals surface area contributed by atoms with Crippen molar-refractivity contribution in [3.8, 4) is 0 Å². The topological polar surface area (TPSA) is 108 Å². The van der Waals surface area contributed by atoms with E-state index in [4.69, 9.17) is 5.11 Å². The van der Waals surface area contributed by atoms with Gasteiger partial charge in [0.25, 0.3) is 0 Å². The summed E-state index contributed by atoms with van der Waals surface area (Å²) in [5.74, 6) is 0.843. The van der Waals surface area contributed by atoms with Crippen molar-refractivity contribution < 1.29 is 19.5 Å². The number of hydrogen-bond acceptors (Lipinski definition) is 3. The van der Waals surface area contributed by atoms with Crippen LogP contribution in [-0.2, 0) is 9.59 Å². The maximum absolute atomic E-state index is 12.2. The van der Waals surface area contributed by atoms with E-state index in [1.807, 2.05) is 0 Å². The van der Waals surface area contributed by atoms with E-state index in [2.05, 4.69) is 16.0 Å². The molecule has 24 heavy (non-hydrogen) atoms. The van der Waals surface area contributed by atoms with E-state index in [9.17, 15) is 14.4 Å². The molecule has 0 saturated heterocycles. The van der Waals surface area contributed by atoms with Gasteiger partial charge in [0.2, 0.25) is 5.91 Å². The summed E-state index contributed by atoms with van der Waals surface area (Å²) in [5.41, 5.74) is -0.0427. The monoisotopic (exact) mass is 337 g/mol. The molecule has 7 nitrogen and oxygen atoms in total. The van der Waals surface area contributed by atoms with Gasteiger partial charge < -0.3 is 21.1 Å². The van der Waals surface area contributed by atoms with E-state index in [0.717, 1.165) is 37.0 Å². The molecule has 4 aliphatic rings. The van der Waals surface area contributed by atoms with Gasteiger partial charge >= 0.3 is 12.0 Å². The van der Waals surface area contributed by atoms with Crippen molar-refractivity contribution in [2.75, 3.05) is 6.54 Å². The van der Waals surface area contributed by atoms with Crippen LogP contribution in [0.3, 0.4) is 0 Å². The van der Waals surface area contributed by atoms with E-state index >= 15 is 0 Å². The molecule has 0 radical (unpaired) electrons. The zero-order chi connectivity index (χ0) is 17.3. The first-order chi connectivity index (χ1) is 11.3. The van der Waals surface area contributed by atoms with Gasteiger partial charge in [-0.05, 0) is 63.2 Å². The Morgan fingerprint density at radius 1 is 1.08 bits per heavy atom. The lowest BCUT2D eigenvalue weighted by atomic mass is 9.53. The van der Waals surface area contributed by atoms with Crippen LogP contribution in [0, 0.1) is 17.8 Å². The normalized spacial score (nSPS) is 34.5. The van der Waals surface area contributed by atoms with E-state index < -0.39 is 12.0 Å². The first-order valence-electron chi connectivity index (χ1n) is 8.93. The molecular formula is C17H27N3O4. The fourth-order valence-corrected chi connectivity index (χ4v) is 5.21. The lowest BCUT2D eigenvalue weighted by Gasteiger charge is -2.56. The number of nitrogens with one attached hydrogen (secondary N) is 3. The average Bonchev–Trinajstić information content (AvgIpc) is 2.44. The Kier molecular flexibility index (Phi) is 4.69. The summed E-state index contributed by atoms with van der Waals surface area (Å²) in [6.45, 7) is 1.61. The van der Waals surface area contributed by atoms with Crippen molar-refractivity contribution in [1.29, 1.82) is 0 Å². The molecule has 1 atom stereocenters. The summed E-state index contributed by atoms with van der Waals surface area (Å²) in [5, 5.41) is 17.0. The second-order valence-corrected chi connectivity index (χ2v) is 7.96. The zero-order valence-electron chi connectivity index (χ0n) is 14.1. The molecule has 4 fully saturated rings. The molecular weight excluding hydrogens is 310 g/mol. The van der Waals surface area contributed by atoms with Crippen LogP contribution in [0.2, 0.25) is 0 Å². The second kappa shape index (κ2) is 6.61. The minimum atomic E-state index is -1.07. The van der Waals surface area contributed by atoms with Gasteiger partial charge in [0.1, 0.15) is 6.04 Å². The third kappa shape index (κ3) is 3.82. The summed E-state index contributed by atoms with van der Waals surface area (Å²) >= 11 is 0. The molecule has 0 aromatic rings. The lowest BCUT2D eigenvalue weighted by molar-refractivity contribution is -0.141. The highest BCUT2D eigenvalue weighted by Gasteiger charge is 2.51. The van der Waals surface area contributed by atoms with Crippen molar-refractivity contribution in [1.82, 2.24) is 16.0 Å². The number of hydrogen-bond donors (Lipinski definition) is 4. The summed E-state index contributed by atoms with van der Waals surface area (Å²) in [6, 6.07) is -1.13. The van der Waals surface area contributed by atoms with Crippen LogP contribution < -0.4 is 16.0 Å². The summed E-state index contributed by atoms with van der Waals surface area (Å²) < 4.78 is 0. The number of urea groups is 1. The highest BCUT2D eigenvalue weighted by molar-refractivity contribution is 5.83. The van der Waals surface area contributed by atoms with Gasteiger partial charge in [-0.1, -0.05) is 0 Å². The molecule has 4 bridgehead atoms. The van der Waals surface area contributed by atoms with Crippen molar-refractivity contribution in [2.45, 2.75) is 63.5 Å². The van der Waals surface area contributed by atoms with Gasteiger partial charge in [0.15, 0.2) is 0 Å². The van der Waals surface area contributed by atoms with E-state index in [0.29, 0.717) is 0 Å². The van der Waals surface area contributed by atoms with Crippen LogP contribution >= 0.6 is 0 Å². The van der Waals surface area contributed by atoms with Crippen molar-refractivity contribution in [2.24, 2.45) is 17.8 Å². The maximum Gasteiger partial charge on any atom is 0.325 e. The smallest absolute Gasteiger partial charge is 0.325 e. The quantitative estimate of drug-likeness (QED) is 0.585. The molecule has 0 heterocycles. The van der Waals surface area contributed by atoms with Gasteiger partial charge in [-0.15, -0.1) is 0 Å².